The van der Waals surface area contributed by atoms with Gasteiger partial charge in [-0.25, -0.2) is 21.6 Å². The Labute approximate surface area is 190 Å². The average molecular weight is 418 g/mol. The van der Waals surface area contributed by atoms with E-state index in [0.717, 1.165) is 0 Å². The molecule has 134 valence electrons. The van der Waals surface area contributed by atoms with Crippen molar-refractivity contribution in [2.24, 2.45) is 0 Å². The molecule has 10 nitrogen and oxygen atoms in total. The van der Waals surface area contributed by atoms with Gasteiger partial charge in [0.25, 0.3) is 0 Å². The first-order chi connectivity index (χ1) is 10.4. The molecule has 0 saturated heterocycles. The van der Waals surface area contributed by atoms with Crippen molar-refractivity contribution < 1.29 is 104 Å². The van der Waals surface area contributed by atoms with Crippen LogP contribution in [0.2, 0.25) is 0 Å². The van der Waals surface area contributed by atoms with Gasteiger partial charge in [-0.15, -0.1) is 12.8 Å². The minimum atomic E-state index is -4.26. The van der Waals surface area contributed by atoms with E-state index >= 15 is 0 Å². The first kappa shape index (κ1) is 30.2. The quantitative estimate of drug-likeness (QED) is 0.0825. The van der Waals surface area contributed by atoms with E-state index in [2.05, 4.69) is 16.1 Å². The fourth-order valence-corrected chi connectivity index (χ4v) is 1.91. The Morgan fingerprint density at radius 2 is 1.28 bits per heavy atom. The fourth-order valence-electron chi connectivity index (χ4n) is 1.12. The third kappa shape index (κ3) is 20.7. The minimum absolute atomic E-state index is 0. The van der Waals surface area contributed by atoms with Crippen molar-refractivity contribution in [3.63, 3.8) is 0 Å². The van der Waals surface area contributed by atoms with Crippen molar-refractivity contribution in [3.05, 3.63) is 23.7 Å². The van der Waals surface area contributed by atoms with E-state index in [4.69, 9.17) is 9.11 Å². The number of carbonyl (C=O) groups is 2. The fraction of sp³-hybridized carbons (Fsp3) is 0.455. The summed E-state index contributed by atoms with van der Waals surface area (Å²) in [5, 5.41) is 0. The molecule has 0 saturated carbocycles. The van der Waals surface area contributed by atoms with Crippen LogP contribution in [0.15, 0.2) is 12.2 Å². The summed E-state index contributed by atoms with van der Waals surface area (Å²) in [4.78, 5) is 22.7. The van der Waals surface area contributed by atoms with E-state index in [0.29, 0.717) is 11.5 Å². The molecule has 25 heavy (non-hydrogen) atoms. The van der Waals surface area contributed by atoms with Crippen molar-refractivity contribution >= 4 is 32.2 Å². The van der Waals surface area contributed by atoms with Crippen LogP contribution in [-0.2, 0) is 39.3 Å². The second-order valence-electron chi connectivity index (χ2n) is 4.08. The summed E-state index contributed by atoms with van der Waals surface area (Å²) in [6.07, 6.45) is -0.979. The smallest absolute Gasteiger partial charge is 0.468 e. The molecular weight excluding hydrogens is 402 g/mol. The van der Waals surface area contributed by atoms with Gasteiger partial charge in [-0.3, -0.25) is 4.79 Å². The standard InChI is InChI=1S/C11H16O10S2.2Na/c1-9(11(13)21-5-3-7-23(17,18)19)8-10(12)20-4-2-6-22(14,15)16;;/h6-7H,1-5,8H2,(H,14,15,16)(H,17,18,19);;/q-2;2*+1. The molecular formula is C11H16Na2O10S2. The van der Waals surface area contributed by atoms with Crippen LogP contribution in [-0.4, -0.2) is 51.1 Å². The molecule has 0 rings (SSSR count). The van der Waals surface area contributed by atoms with Crippen LogP contribution in [0, 0.1) is 11.5 Å². The molecule has 0 heterocycles. The van der Waals surface area contributed by atoms with E-state index in [9.17, 15) is 26.4 Å². The zero-order chi connectivity index (χ0) is 18.1. The second kappa shape index (κ2) is 14.5. The van der Waals surface area contributed by atoms with Crippen LogP contribution in [0.5, 0.6) is 0 Å². The topological polar surface area (TPSA) is 161 Å². The molecule has 0 aliphatic heterocycles. The summed E-state index contributed by atoms with van der Waals surface area (Å²) >= 11 is 0. The van der Waals surface area contributed by atoms with Crippen molar-refractivity contribution in [1.29, 1.82) is 0 Å². The molecule has 0 aromatic carbocycles. The maximum atomic E-state index is 11.4. The number of rotatable bonds is 11. The summed E-state index contributed by atoms with van der Waals surface area (Å²) in [6.45, 7) is 2.64. The summed E-state index contributed by atoms with van der Waals surface area (Å²) in [5.74, 6) is -0.715. The predicted molar refractivity (Wildman–Crippen MR) is 76.6 cm³/mol. The molecule has 0 atom stereocenters. The van der Waals surface area contributed by atoms with Gasteiger partial charge in [-0.2, -0.15) is 11.5 Å². The van der Waals surface area contributed by atoms with Crippen molar-refractivity contribution in [2.75, 3.05) is 13.2 Å². The summed E-state index contributed by atoms with van der Waals surface area (Å²) in [7, 11) is -8.51. The number of esters is 2. The Balaban J connectivity index is -0.00000242. The molecule has 0 bridgehead atoms. The molecule has 0 aliphatic carbocycles. The Morgan fingerprint density at radius 3 is 1.68 bits per heavy atom. The van der Waals surface area contributed by atoms with Gasteiger partial charge in [0, 0.05) is 5.57 Å². The monoisotopic (exact) mass is 418 g/mol. The molecule has 2 N–H and O–H groups in total. The van der Waals surface area contributed by atoms with Crippen molar-refractivity contribution in [2.45, 2.75) is 19.3 Å². The molecule has 0 fully saturated rings. The van der Waals surface area contributed by atoms with Crippen molar-refractivity contribution in [1.82, 2.24) is 0 Å². The number of hydrogen-bond donors (Lipinski definition) is 2. The molecule has 0 radical (unpaired) electrons. The Morgan fingerprint density at radius 1 is 0.880 bits per heavy atom. The normalized spacial score (nSPS) is 10.8. The Kier molecular flexibility index (Phi) is 17.6. The van der Waals surface area contributed by atoms with Gasteiger partial charge in [0.2, 0.25) is 0 Å². The van der Waals surface area contributed by atoms with Gasteiger partial charge in [-0.1, -0.05) is 6.58 Å². The van der Waals surface area contributed by atoms with Gasteiger partial charge in [0.15, 0.2) is 0 Å². The maximum Gasteiger partial charge on any atom is 1.00 e. The molecule has 0 amide bonds. The maximum absolute atomic E-state index is 11.4. The van der Waals surface area contributed by atoms with Crippen LogP contribution in [0.4, 0.5) is 0 Å². The number of hydrogen-bond acceptors (Lipinski definition) is 8. The molecule has 0 spiro atoms. The van der Waals surface area contributed by atoms with Crippen LogP contribution >= 0.6 is 0 Å². The summed E-state index contributed by atoms with van der Waals surface area (Å²) < 4.78 is 67.5. The van der Waals surface area contributed by atoms with E-state index in [-0.39, 0.29) is 90.7 Å². The number of ether oxygens (including phenoxy) is 2. The number of carbonyl (C=O) groups excluding carboxylic acids is 2. The van der Waals surface area contributed by atoms with Crippen LogP contribution in [0.25, 0.3) is 0 Å². The van der Waals surface area contributed by atoms with E-state index in [1.165, 1.54) is 0 Å². The minimum Gasteiger partial charge on any atom is -0.468 e. The van der Waals surface area contributed by atoms with Gasteiger partial charge >= 0.3 is 71.1 Å². The molecule has 0 unspecified atom stereocenters. The molecule has 14 heteroatoms. The van der Waals surface area contributed by atoms with Crippen LogP contribution < -0.4 is 59.1 Å². The van der Waals surface area contributed by atoms with E-state index < -0.39 is 38.6 Å². The molecule has 0 aromatic heterocycles. The van der Waals surface area contributed by atoms with Crippen molar-refractivity contribution in [3.8, 4) is 0 Å². The summed E-state index contributed by atoms with van der Waals surface area (Å²) in [5.41, 5.74) is -0.249. The van der Waals surface area contributed by atoms with Crippen LogP contribution in [0.3, 0.4) is 0 Å². The SMILES string of the molecule is C=C(CC(=O)OCC[CH-]S(=O)(=O)O)C(=O)OCC[CH-]S(=O)(=O)O.[Na+].[Na+]. The molecule has 0 aromatic rings. The third-order valence-electron chi connectivity index (χ3n) is 2.04. The van der Waals surface area contributed by atoms with Gasteiger partial charge in [-0.05, 0) is 0 Å². The molecule has 0 aliphatic rings. The van der Waals surface area contributed by atoms with E-state index in [1.807, 2.05) is 0 Å². The Bertz CT molecular complexity index is 642. The summed E-state index contributed by atoms with van der Waals surface area (Å²) in [6, 6.07) is 0. The third-order valence-corrected chi connectivity index (χ3v) is 3.35. The predicted octanol–water partition coefficient (Wildman–Crippen LogP) is -6.09. The first-order valence-corrected chi connectivity index (χ1v) is 9.03. The van der Waals surface area contributed by atoms with E-state index in [1.54, 1.807) is 0 Å². The van der Waals surface area contributed by atoms with Gasteiger partial charge in [0.05, 0.1) is 19.6 Å². The van der Waals surface area contributed by atoms with Gasteiger partial charge in [0.1, 0.15) is 20.2 Å². The zero-order valence-electron chi connectivity index (χ0n) is 13.9. The second-order valence-corrected chi connectivity index (χ2v) is 6.80. The first-order valence-electron chi connectivity index (χ1n) is 6.02. The zero-order valence-corrected chi connectivity index (χ0v) is 19.5. The average Bonchev–Trinajstić information content (AvgIpc) is 2.37. The van der Waals surface area contributed by atoms with Gasteiger partial charge < -0.3 is 18.6 Å². The Hall–Kier alpha value is 0.500. The largest absolute Gasteiger partial charge is 1.00 e. The van der Waals surface area contributed by atoms with Crippen LogP contribution in [0.1, 0.15) is 19.3 Å².